The van der Waals surface area contributed by atoms with E-state index >= 15 is 0 Å². The van der Waals surface area contributed by atoms with Gasteiger partial charge in [-0.25, -0.2) is 4.79 Å². The number of carbonyl (C=O) groups is 3. The number of esters is 1. The van der Waals surface area contributed by atoms with Crippen LogP contribution in [0.15, 0.2) is 18.2 Å². The van der Waals surface area contributed by atoms with Crippen LogP contribution >= 0.6 is 0 Å². The van der Waals surface area contributed by atoms with E-state index in [1.807, 2.05) is 0 Å². The second-order valence-electron chi connectivity index (χ2n) is 5.11. The van der Waals surface area contributed by atoms with Gasteiger partial charge in [0.25, 0.3) is 0 Å². The molecule has 104 valence electrons. The predicted molar refractivity (Wildman–Crippen MR) is 69.9 cm³/mol. The number of nitrogens with zero attached hydrogens (tertiary/aromatic N) is 1. The number of likely N-dealkylation sites (tertiary alicyclic amines) is 1. The summed E-state index contributed by atoms with van der Waals surface area (Å²) in [5.74, 6) is -0.842. The number of anilines is 1. The lowest BCUT2D eigenvalue weighted by molar-refractivity contribution is -0.127. The predicted octanol–water partition coefficient (Wildman–Crippen LogP) is 0.774. The fraction of sp³-hybridized carbons (Fsp3) is 0.357. The Kier molecular flexibility index (Phi) is 2.93. The molecule has 3 rings (SSSR count). The highest BCUT2D eigenvalue weighted by molar-refractivity contribution is 5.98. The van der Waals surface area contributed by atoms with Crippen molar-refractivity contribution in [3.8, 4) is 0 Å². The molecule has 6 heteroatoms. The van der Waals surface area contributed by atoms with E-state index in [-0.39, 0.29) is 36.7 Å². The van der Waals surface area contributed by atoms with Crippen LogP contribution in [0, 0.1) is 5.92 Å². The zero-order valence-corrected chi connectivity index (χ0v) is 11.0. The van der Waals surface area contributed by atoms with Crippen molar-refractivity contribution in [3.05, 3.63) is 29.3 Å². The number of rotatable bonds is 2. The van der Waals surface area contributed by atoms with Crippen LogP contribution in [0.2, 0.25) is 0 Å². The monoisotopic (exact) mass is 274 g/mol. The van der Waals surface area contributed by atoms with Crippen LogP contribution < -0.4 is 5.32 Å². The Morgan fingerprint density at radius 3 is 2.90 bits per heavy atom. The molecule has 1 N–H and O–H groups in total. The third kappa shape index (κ3) is 2.13. The molecule has 0 spiro atoms. The number of amides is 2. The molecule has 2 aliphatic rings. The van der Waals surface area contributed by atoms with E-state index in [1.54, 1.807) is 30.1 Å². The second kappa shape index (κ2) is 4.63. The van der Waals surface area contributed by atoms with E-state index in [0.717, 1.165) is 5.56 Å². The summed E-state index contributed by atoms with van der Waals surface area (Å²) < 4.78 is 4.91. The number of carbonyl (C=O) groups excluding carboxylic acids is 3. The molecule has 1 aromatic carbocycles. The van der Waals surface area contributed by atoms with Crippen molar-refractivity contribution >= 4 is 23.5 Å². The Bertz CT molecular complexity index is 611. The van der Waals surface area contributed by atoms with Crippen molar-refractivity contribution in [1.29, 1.82) is 0 Å². The third-order valence-corrected chi connectivity index (χ3v) is 3.66. The van der Waals surface area contributed by atoms with Crippen LogP contribution in [0.1, 0.15) is 22.3 Å². The summed E-state index contributed by atoms with van der Waals surface area (Å²) in [4.78, 5) is 36.4. The summed E-state index contributed by atoms with van der Waals surface area (Å²) in [5, 5.41) is 2.78. The van der Waals surface area contributed by atoms with Crippen LogP contribution in [0.3, 0.4) is 0 Å². The van der Waals surface area contributed by atoms with Gasteiger partial charge in [0.15, 0.2) is 0 Å². The summed E-state index contributed by atoms with van der Waals surface area (Å²) in [6.45, 7) is 0.680. The topological polar surface area (TPSA) is 75.7 Å². The van der Waals surface area contributed by atoms with Crippen LogP contribution in [0.25, 0.3) is 0 Å². The maximum atomic E-state index is 12.1. The number of nitrogens with one attached hydrogen (secondary N) is 1. The molecule has 2 heterocycles. The lowest BCUT2D eigenvalue weighted by Crippen LogP contribution is -2.25. The lowest BCUT2D eigenvalue weighted by Gasteiger charge is -2.11. The fourth-order valence-corrected chi connectivity index (χ4v) is 2.49. The molecule has 20 heavy (non-hydrogen) atoms. The quantitative estimate of drug-likeness (QED) is 0.808. The highest BCUT2D eigenvalue weighted by atomic mass is 16.5. The second-order valence-corrected chi connectivity index (χ2v) is 5.11. The summed E-state index contributed by atoms with van der Waals surface area (Å²) in [7, 11) is 1.69. The van der Waals surface area contributed by atoms with Crippen LogP contribution in [-0.2, 0) is 20.9 Å². The van der Waals surface area contributed by atoms with Crippen LogP contribution in [0.5, 0.6) is 0 Å². The number of hydrogen-bond donors (Lipinski definition) is 1. The van der Waals surface area contributed by atoms with Crippen molar-refractivity contribution in [3.63, 3.8) is 0 Å². The largest absolute Gasteiger partial charge is 0.457 e. The summed E-state index contributed by atoms with van der Waals surface area (Å²) in [6.07, 6.45) is 0.245. The van der Waals surface area contributed by atoms with Gasteiger partial charge in [0.1, 0.15) is 6.61 Å². The third-order valence-electron chi connectivity index (χ3n) is 3.66. The molecule has 6 nitrogen and oxygen atoms in total. The molecule has 0 unspecified atom stereocenters. The van der Waals surface area contributed by atoms with Gasteiger partial charge in [0.05, 0.1) is 11.5 Å². The van der Waals surface area contributed by atoms with Gasteiger partial charge in [0.2, 0.25) is 11.8 Å². The zero-order chi connectivity index (χ0) is 14.3. The van der Waals surface area contributed by atoms with E-state index in [0.29, 0.717) is 17.8 Å². The van der Waals surface area contributed by atoms with Gasteiger partial charge in [-0.2, -0.15) is 0 Å². The molecule has 2 aliphatic heterocycles. The van der Waals surface area contributed by atoms with Gasteiger partial charge >= 0.3 is 5.97 Å². The minimum atomic E-state index is -0.333. The minimum Gasteiger partial charge on any atom is -0.457 e. The molecule has 1 fully saturated rings. The van der Waals surface area contributed by atoms with E-state index in [2.05, 4.69) is 5.32 Å². The summed E-state index contributed by atoms with van der Waals surface area (Å²) in [6, 6.07) is 5.05. The first kappa shape index (κ1) is 12.7. The smallest absolute Gasteiger partial charge is 0.338 e. The molecular weight excluding hydrogens is 260 g/mol. The highest BCUT2D eigenvalue weighted by Gasteiger charge is 2.32. The van der Waals surface area contributed by atoms with Crippen LogP contribution in [-0.4, -0.2) is 36.3 Å². The number of cyclic esters (lactones) is 1. The van der Waals surface area contributed by atoms with E-state index in [4.69, 9.17) is 4.74 Å². The number of hydrogen-bond acceptors (Lipinski definition) is 4. The average molecular weight is 274 g/mol. The molecule has 1 aromatic rings. The molecule has 1 atom stereocenters. The Labute approximate surface area is 115 Å². The fourth-order valence-electron chi connectivity index (χ4n) is 2.49. The van der Waals surface area contributed by atoms with Gasteiger partial charge in [-0.15, -0.1) is 0 Å². The lowest BCUT2D eigenvalue weighted by atomic mass is 10.1. The average Bonchev–Trinajstić information content (AvgIpc) is 2.94. The maximum Gasteiger partial charge on any atom is 0.338 e. The number of ether oxygens (including phenoxy) is 1. The van der Waals surface area contributed by atoms with Gasteiger partial charge in [-0.1, -0.05) is 0 Å². The van der Waals surface area contributed by atoms with E-state index in [1.165, 1.54) is 0 Å². The molecule has 2 amide bonds. The SMILES string of the molecule is CN1C[C@@H](C(=O)Nc2ccc3c(c2)COC3=O)CC1=O. The zero-order valence-electron chi connectivity index (χ0n) is 11.0. The van der Waals surface area contributed by atoms with Gasteiger partial charge in [-0.3, -0.25) is 9.59 Å². The first-order valence-corrected chi connectivity index (χ1v) is 6.39. The van der Waals surface area contributed by atoms with Crippen molar-refractivity contribution in [2.75, 3.05) is 18.9 Å². The van der Waals surface area contributed by atoms with E-state index in [9.17, 15) is 14.4 Å². The number of fused-ring (bicyclic) bond motifs is 1. The Morgan fingerprint density at radius 1 is 1.40 bits per heavy atom. The Morgan fingerprint density at radius 2 is 2.20 bits per heavy atom. The van der Waals surface area contributed by atoms with Gasteiger partial charge in [-0.05, 0) is 18.2 Å². The normalized spacial score (nSPS) is 20.9. The molecule has 0 bridgehead atoms. The first-order valence-electron chi connectivity index (χ1n) is 6.39. The van der Waals surface area contributed by atoms with Crippen molar-refractivity contribution in [2.45, 2.75) is 13.0 Å². The maximum absolute atomic E-state index is 12.1. The molecule has 1 saturated heterocycles. The molecular formula is C14H14N2O4. The van der Waals surface area contributed by atoms with Gasteiger partial charge < -0.3 is 15.0 Å². The summed E-state index contributed by atoms with van der Waals surface area (Å²) in [5.41, 5.74) is 1.93. The molecule has 0 aromatic heterocycles. The number of benzene rings is 1. The van der Waals surface area contributed by atoms with Crippen molar-refractivity contribution in [2.24, 2.45) is 5.92 Å². The highest BCUT2D eigenvalue weighted by Crippen LogP contribution is 2.24. The standard InChI is InChI=1S/C14H14N2O4/c1-16-6-8(5-12(16)17)13(18)15-10-2-3-11-9(4-10)7-20-14(11)19/h2-4,8H,5-7H2,1H3,(H,15,18)/t8-/m0/s1. The van der Waals surface area contributed by atoms with Crippen molar-refractivity contribution in [1.82, 2.24) is 4.90 Å². The van der Waals surface area contributed by atoms with E-state index < -0.39 is 0 Å². The van der Waals surface area contributed by atoms with Crippen LogP contribution in [0.4, 0.5) is 5.69 Å². The van der Waals surface area contributed by atoms with Gasteiger partial charge in [0, 0.05) is 31.3 Å². The molecule has 0 aliphatic carbocycles. The minimum absolute atomic E-state index is 0.0156. The molecule has 0 saturated carbocycles. The Hall–Kier alpha value is -2.37. The first-order chi connectivity index (χ1) is 9.54. The summed E-state index contributed by atoms with van der Waals surface area (Å²) >= 11 is 0. The molecule has 0 radical (unpaired) electrons. The Balaban J connectivity index is 1.71. The van der Waals surface area contributed by atoms with Crippen molar-refractivity contribution < 1.29 is 19.1 Å².